The Kier molecular flexibility index (Phi) is 7.53. The van der Waals surface area contributed by atoms with Gasteiger partial charge >= 0.3 is 0 Å². The Hall–Kier alpha value is -2.08. The molecule has 0 spiro atoms. The molecule has 1 heterocycles. The first-order chi connectivity index (χ1) is 14.0. The molecule has 2 N–H and O–H groups in total. The van der Waals surface area contributed by atoms with E-state index in [4.69, 9.17) is 4.99 Å². The molecule has 29 heavy (non-hydrogen) atoms. The van der Waals surface area contributed by atoms with Gasteiger partial charge in [0.2, 0.25) is 5.91 Å². The molecular weight excluding hydrogens is 362 g/mol. The molecular formula is C23H37N5O. The number of fused-ring (bicyclic) bond motifs is 1. The zero-order valence-electron chi connectivity index (χ0n) is 18.3. The van der Waals surface area contributed by atoms with Crippen molar-refractivity contribution in [3.05, 3.63) is 35.4 Å². The Morgan fingerprint density at radius 3 is 2.59 bits per heavy atom. The zero-order chi connectivity index (χ0) is 20.7. The van der Waals surface area contributed by atoms with Crippen LogP contribution >= 0.6 is 0 Å². The number of carbonyl (C=O) groups excluding carboxylic acids is 1. The van der Waals surface area contributed by atoms with E-state index in [1.54, 1.807) is 4.90 Å². The van der Waals surface area contributed by atoms with Crippen molar-refractivity contribution in [1.82, 2.24) is 20.4 Å². The summed E-state index contributed by atoms with van der Waals surface area (Å²) in [5.41, 5.74) is 2.62. The second-order valence-electron chi connectivity index (χ2n) is 8.60. The van der Waals surface area contributed by atoms with Gasteiger partial charge in [-0.05, 0) is 37.3 Å². The van der Waals surface area contributed by atoms with E-state index in [2.05, 4.69) is 46.7 Å². The largest absolute Gasteiger partial charge is 0.357 e. The zero-order valence-corrected chi connectivity index (χ0v) is 18.3. The molecule has 0 saturated heterocycles. The first kappa shape index (κ1) is 21.6. The van der Waals surface area contributed by atoms with E-state index in [1.807, 2.05) is 14.1 Å². The molecule has 0 unspecified atom stereocenters. The Morgan fingerprint density at radius 1 is 1.17 bits per heavy atom. The van der Waals surface area contributed by atoms with Gasteiger partial charge in [-0.1, -0.05) is 37.1 Å². The highest BCUT2D eigenvalue weighted by Crippen LogP contribution is 2.39. The van der Waals surface area contributed by atoms with Crippen LogP contribution in [0.25, 0.3) is 0 Å². The third-order valence-electron chi connectivity index (χ3n) is 6.23. The summed E-state index contributed by atoms with van der Waals surface area (Å²) in [5.74, 6) is 1.05. The number of nitrogens with zero attached hydrogens (tertiary/aromatic N) is 3. The quantitative estimate of drug-likeness (QED) is 0.545. The summed E-state index contributed by atoms with van der Waals surface area (Å²) in [5, 5.41) is 6.81. The number of hydrogen-bond acceptors (Lipinski definition) is 3. The number of guanidine groups is 1. The molecule has 1 aliphatic heterocycles. The number of rotatable bonds is 7. The molecule has 1 aliphatic carbocycles. The molecule has 3 rings (SSSR count). The summed E-state index contributed by atoms with van der Waals surface area (Å²) in [6.45, 7) is 7.42. The highest BCUT2D eigenvalue weighted by atomic mass is 16.2. The van der Waals surface area contributed by atoms with Gasteiger partial charge < -0.3 is 15.5 Å². The summed E-state index contributed by atoms with van der Waals surface area (Å²) in [7, 11) is 3.71. The molecule has 1 aromatic rings. The number of carbonyl (C=O) groups is 1. The minimum absolute atomic E-state index is 0.224. The monoisotopic (exact) mass is 399 g/mol. The minimum atomic E-state index is -0.317. The van der Waals surface area contributed by atoms with E-state index in [0.29, 0.717) is 6.54 Å². The Labute approximate surface area is 175 Å². The maximum atomic E-state index is 12.8. The lowest BCUT2D eigenvalue weighted by Crippen LogP contribution is -2.44. The number of nitrogens with one attached hydrogen (secondary N) is 2. The van der Waals surface area contributed by atoms with Gasteiger partial charge in [-0.2, -0.15) is 0 Å². The van der Waals surface area contributed by atoms with Gasteiger partial charge in [0.25, 0.3) is 0 Å². The van der Waals surface area contributed by atoms with E-state index >= 15 is 0 Å². The number of hydrogen-bond donors (Lipinski definition) is 2. The van der Waals surface area contributed by atoms with Gasteiger partial charge in [0, 0.05) is 46.8 Å². The van der Waals surface area contributed by atoms with Gasteiger partial charge in [0.05, 0.1) is 12.0 Å². The average molecular weight is 400 g/mol. The molecule has 0 aromatic heterocycles. The normalized spacial score (nSPS) is 18.9. The maximum absolute atomic E-state index is 12.8. The second kappa shape index (κ2) is 10.1. The number of amides is 1. The standard InChI is InChI=1S/C23H37N5O/c1-4-24-22(26-18-23(12-7-8-13-23)21(29)27(2)3)25-14-16-28-15-11-19-9-5-6-10-20(19)17-28/h5-6,9-10H,4,7-8,11-18H2,1-3H3,(H2,24,25,26). The second-order valence-corrected chi connectivity index (χ2v) is 8.60. The molecule has 6 nitrogen and oxygen atoms in total. The molecule has 1 fully saturated rings. The first-order valence-electron chi connectivity index (χ1n) is 11.1. The summed E-state index contributed by atoms with van der Waals surface area (Å²) >= 11 is 0. The highest BCUT2D eigenvalue weighted by molar-refractivity contribution is 5.84. The summed E-state index contributed by atoms with van der Waals surface area (Å²) in [6, 6.07) is 8.75. The topological polar surface area (TPSA) is 60.0 Å². The predicted octanol–water partition coefficient (Wildman–Crippen LogP) is 2.25. The van der Waals surface area contributed by atoms with E-state index < -0.39 is 0 Å². The van der Waals surface area contributed by atoms with Crippen molar-refractivity contribution in [3.63, 3.8) is 0 Å². The molecule has 1 amide bonds. The highest BCUT2D eigenvalue weighted by Gasteiger charge is 2.42. The third kappa shape index (κ3) is 5.50. The maximum Gasteiger partial charge on any atom is 0.230 e. The molecule has 6 heteroatoms. The van der Waals surface area contributed by atoms with Crippen molar-refractivity contribution < 1.29 is 4.79 Å². The lowest BCUT2D eigenvalue weighted by Gasteiger charge is -2.30. The van der Waals surface area contributed by atoms with Crippen molar-refractivity contribution in [3.8, 4) is 0 Å². The van der Waals surface area contributed by atoms with Crippen LogP contribution in [-0.4, -0.2) is 68.5 Å². The fourth-order valence-electron chi connectivity index (χ4n) is 4.62. The van der Waals surface area contributed by atoms with Crippen LogP contribution in [0.4, 0.5) is 0 Å². The summed E-state index contributed by atoms with van der Waals surface area (Å²) in [4.78, 5) is 21.8. The molecule has 1 aromatic carbocycles. The molecule has 1 saturated carbocycles. The van der Waals surface area contributed by atoms with Crippen LogP contribution in [0.5, 0.6) is 0 Å². The van der Waals surface area contributed by atoms with Crippen LogP contribution in [0.1, 0.15) is 43.7 Å². The lowest BCUT2D eigenvalue weighted by molar-refractivity contribution is -0.138. The first-order valence-corrected chi connectivity index (χ1v) is 11.1. The summed E-state index contributed by atoms with van der Waals surface area (Å²) < 4.78 is 0. The van der Waals surface area contributed by atoms with Gasteiger partial charge in [-0.15, -0.1) is 0 Å². The van der Waals surface area contributed by atoms with E-state index in [1.165, 1.54) is 11.1 Å². The fourth-order valence-corrected chi connectivity index (χ4v) is 4.62. The number of benzene rings is 1. The van der Waals surface area contributed by atoms with Crippen molar-refractivity contribution in [2.24, 2.45) is 10.4 Å². The van der Waals surface area contributed by atoms with Crippen LogP contribution in [0.3, 0.4) is 0 Å². The molecule has 2 aliphatic rings. The van der Waals surface area contributed by atoms with Crippen molar-refractivity contribution in [1.29, 1.82) is 0 Å². The van der Waals surface area contributed by atoms with E-state index in [-0.39, 0.29) is 11.3 Å². The van der Waals surface area contributed by atoms with E-state index in [9.17, 15) is 4.79 Å². The van der Waals surface area contributed by atoms with Crippen LogP contribution in [0.2, 0.25) is 0 Å². The Bertz CT molecular complexity index is 709. The molecule has 0 radical (unpaired) electrons. The molecule has 0 bridgehead atoms. The fraction of sp³-hybridized carbons (Fsp3) is 0.652. The Balaban J connectivity index is 1.54. The molecule has 0 atom stereocenters. The Morgan fingerprint density at radius 2 is 1.90 bits per heavy atom. The van der Waals surface area contributed by atoms with Crippen LogP contribution in [0.15, 0.2) is 29.3 Å². The van der Waals surface area contributed by atoms with Crippen LogP contribution in [0, 0.1) is 5.41 Å². The van der Waals surface area contributed by atoms with Gasteiger partial charge in [-0.3, -0.25) is 14.7 Å². The van der Waals surface area contributed by atoms with E-state index in [0.717, 1.165) is 70.8 Å². The average Bonchev–Trinajstić information content (AvgIpc) is 3.21. The lowest BCUT2D eigenvalue weighted by atomic mass is 9.85. The van der Waals surface area contributed by atoms with Gasteiger partial charge in [-0.25, -0.2) is 0 Å². The SMILES string of the molecule is CCNC(=NCC1(C(=O)N(C)C)CCCC1)NCCN1CCc2ccccc2C1. The predicted molar refractivity (Wildman–Crippen MR) is 119 cm³/mol. The third-order valence-corrected chi connectivity index (χ3v) is 6.23. The van der Waals surface area contributed by atoms with Crippen molar-refractivity contribution in [2.45, 2.75) is 45.6 Å². The van der Waals surface area contributed by atoms with Crippen molar-refractivity contribution >= 4 is 11.9 Å². The van der Waals surface area contributed by atoms with Gasteiger partial charge in [0.1, 0.15) is 0 Å². The van der Waals surface area contributed by atoms with Gasteiger partial charge in [0.15, 0.2) is 5.96 Å². The smallest absolute Gasteiger partial charge is 0.230 e. The molecule has 160 valence electrons. The minimum Gasteiger partial charge on any atom is -0.357 e. The van der Waals surface area contributed by atoms with Crippen LogP contribution < -0.4 is 10.6 Å². The van der Waals surface area contributed by atoms with Crippen LogP contribution in [-0.2, 0) is 17.8 Å². The summed E-state index contributed by atoms with van der Waals surface area (Å²) in [6.07, 6.45) is 5.25. The van der Waals surface area contributed by atoms with Crippen molar-refractivity contribution in [2.75, 3.05) is 46.8 Å². The number of aliphatic imine (C=N–C) groups is 1.